The van der Waals surface area contributed by atoms with Crippen LogP contribution in [0.5, 0.6) is 0 Å². The van der Waals surface area contributed by atoms with Crippen LogP contribution in [-0.4, -0.2) is 9.13 Å². The second kappa shape index (κ2) is 13.4. The number of rotatable bonds is 5. The molecular formula is C58H40N2. The van der Waals surface area contributed by atoms with E-state index in [2.05, 4.69) is 229 Å². The third-order valence-electron chi connectivity index (χ3n) is 13.0. The first-order chi connectivity index (χ1) is 29.6. The van der Waals surface area contributed by atoms with Gasteiger partial charge in [-0.05, 0) is 114 Å². The lowest BCUT2D eigenvalue weighted by Crippen LogP contribution is -1.94. The van der Waals surface area contributed by atoms with Crippen molar-refractivity contribution in [3.05, 3.63) is 206 Å². The Morgan fingerprint density at radius 2 is 0.683 bits per heavy atom. The van der Waals surface area contributed by atoms with E-state index in [1.54, 1.807) is 0 Å². The van der Waals surface area contributed by atoms with Gasteiger partial charge < -0.3 is 9.13 Å². The van der Waals surface area contributed by atoms with E-state index in [0.717, 1.165) is 0 Å². The SMILES string of the molecule is Cn1c2ccccc2c2ccc(-c3cccc4c(-c5cc(-c6ccccc6)ccc5-c5ccccc5)c5cccc(-c6ccc7c8ccccc8n(C)c7c6)c5cc34)cc21. The van der Waals surface area contributed by atoms with Gasteiger partial charge in [0, 0.05) is 57.7 Å². The Morgan fingerprint density at radius 3 is 1.23 bits per heavy atom. The van der Waals surface area contributed by atoms with Crippen molar-refractivity contribution >= 4 is 65.2 Å². The van der Waals surface area contributed by atoms with E-state index in [9.17, 15) is 0 Å². The third kappa shape index (κ3) is 5.21. The second-order valence-corrected chi connectivity index (χ2v) is 16.2. The van der Waals surface area contributed by atoms with Crippen molar-refractivity contribution in [1.82, 2.24) is 9.13 Å². The molecule has 12 aromatic rings. The van der Waals surface area contributed by atoms with Crippen molar-refractivity contribution in [3.8, 4) is 55.6 Å². The van der Waals surface area contributed by atoms with E-state index in [1.165, 1.54) is 121 Å². The Morgan fingerprint density at radius 1 is 0.233 bits per heavy atom. The molecule has 0 spiro atoms. The van der Waals surface area contributed by atoms with Crippen LogP contribution in [0.1, 0.15) is 0 Å². The number of fused-ring (bicyclic) bond motifs is 8. The molecule has 0 radical (unpaired) electrons. The molecule has 0 aliphatic rings. The first kappa shape index (κ1) is 34.4. The zero-order chi connectivity index (χ0) is 39.9. The van der Waals surface area contributed by atoms with Crippen molar-refractivity contribution in [2.75, 3.05) is 0 Å². The molecule has 2 nitrogen and oxygen atoms in total. The van der Waals surface area contributed by atoms with Crippen LogP contribution in [0.15, 0.2) is 206 Å². The maximum absolute atomic E-state index is 2.47. The van der Waals surface area contributed by atoms with Crippen molar-refractivity contribution in [2.45, 2.75) is 0 Å². The number of para-hydroxylation sites is 2. The zero-order valence-corrected chi connectivity index (χ0v) is 33.5. The van der Waals surface area contributed by atoms with Gasteiger partial charge >= 0.3 is 0 Å². The summed E-state index contributed by atoms with van der Waals surface area (Å²) in [4.78, 5) is 0. The highest BCUT2D eigenvalue weighted by Crippen LogP contribution is 2.47. The van der Waals surface area contributed by atoms with E-state index < -0.39 is 0 Å². The van der Waals surface area contributed by atoms with Crippen LogP contribution in [0.25, 0.3) is 121 Å². The summed E-state index contributed by atoms with van der Waals surface area (Å²) in [6.07, 6.45) is 0. The van der Waals surface area contributed by atoms with Crippen LogP contribution < -0.4 is 0 Å². The minimum Gasteiger partial charge on any atom is -0.344 e. The van der Waals surface area contributed by atoms with Gasteiger partial charge in [0.1, 0.15) is 0 Å². The van der Waals surface area contributed by atoms with Gasteiger partial charge in [-0.25, -0.2) is 0 Å². The predicted octanol–water partition coefficient (Wildman–Crippen LogP) is 15.6. The number of nitrogens with zero attached hydrogens (tertiary/aromatic N) is 2. The van der Waals surface area contributed by atoms with Crippen LogP contribution in [0.4, 0.5) is 0 Å². The fourth-order valence-corrected chi connectivity index (χ4v) is 10.0. The van der Waals surface area contributed by atoms with Gasteiger partial charge in [-0.1, -0.05) is 170 Å². The standard InChI is InChI=1S/C58H40N2/c1-59-54-25-11-9-19-45(54)47-31-28-40(34-56(47)59)42-21-13-23-49-51(42)36-52-43(41-29-32-48-46-20-10-12-26-55(46)60(2)57(48)35-41)22-14-24-50(52)58(49)53-33-39(37-15-5-3-6-16-37)27-30-44(53)38-17-7-4-8-18-38/h3-36H,1-2H3. The van der Waals surface area contributed by atoms with Crippen molar-refractivity contribution in [3.63, 3.8) is 0 Å². The molecule has 0 N–H and O–H groups in total. The molecule has 2 heteroatoms. The maximum atomic E-state index is 2.47. The smallest absolute Gasteiger partial charge is 0.0494 e. The summed E-state index contributed by atoms with van der Waals surface area (Å²) in [6.45, 7) is 0. The number of hydrogen-bond donors (Lipinski definition) is 0. The summed E-state index contributed by atoms with van der Waals surface area (Å²) < 4.78 is 4.67. The maximum Gasteiger partial charge on any atom is 0.0494 e. The molecule has 0 saturated carbocycles. The molecule has 0 atom stereocenters. The molecular weight excluding hydrogens is 725 g/mol. The average molecular weight is 765 g/mol. The highest BCUT2D eigenvalue weighted by molar-refractivity contribution is 6.21. The molecule has 0 saturated heterocycles. The predicted molar refractivity (Wildman–Crippen MR) is 257 cm³/mol. The van der Waals surface area contributed by atoms with E-state index in [1.807, 2.05) is 0 Å². The quantitative estimate of drug-likeness (QED) is 0.155. The largest absolute Gasteiger partial charge is 0.344 e. The minimum atomic E-state index is 1.20. The Kier molecular flexibility index (Phi) is 7.70. The first-order valence-corrected chi connectivity index (χ1v) is 20.8. The Balaban J connectivity index is 1.19. The molecule has 282 valence electrons. The summed E-state index contributed by atoms with van der Waals surface area (Å²) in [7, 11) is 4.37. The number of aromatic nitrogens is 2. The van der Waals surface area contributed by atoms with E-state index in [-0.39, 0.29) is 0 Å². The molecule has 2 heterocycles. The fourth-order valence-electron chi connectivity index (χ4n) is 10.0. The van der Waals surface area contributed by atoms with Crippen molar-refractivity contribution in [2.24, 2.45) is 14.1 Å². The van der Waals surface area contributed by atoms with E-state index >= 15 is 0 Å². The average Bonchev–Trinajstić information content (AvgIpc) is 3.77. The van der Waals surface area contributed by atoms with Crippen LogP contribution >= 0.6 is 0 Å². The highest BCUT2D eigenvalue weighted by atomic mass is 14.9. The Labute approximate surface area is 348 Å². The van der Waals surface area contributed by atoms with Gasteiger partial charge in [0.2, 0.25) is 0 Å². The van der Waals surface area contributed by atoms with Crippen molar-refractivity contribution in [1.29, 1.82) is 0 Å². The fraction of sp³-hybridized carbons (Fsp3) is 0.0345. The normalized spacial score (nSPS) is 11.8. The molecule has 2 aromatic heterocycles. The zero-order valence-electron chi connectivity index (χ0n) is 33.5. The summed E-state index contributed by atoms with van der Waals surface area (Å²) in [5, 5.41) is 10.1. The lowest BCUT2D eigenvalue weighted by atomic mass is 9.83. The van der Waals surface area contributed by atoms with Gasteiger partial charge in [-0.2, -0.15) is 0 Å². The first-order valence-electron chi connectivity index (χ1n) is 20.8. The van der Waals surface area contributed by atoms with Crippen LogP contribution in [0.2, 0.25) is 0 Å². The molecule has 12 rings (SSSR count). The van der Waals surface area contributed by atoms with Gasteiger partial charge in [-0.3, -0.25) is 0 Å². The lowest BCUT2D eigenvalue weighted by molar-refractivity contribution is 1.01. The van der Waals surface area contributed by atoms with Crippen LogP contribution in [-0.2, 0) is 14.1 Å². The number of aryl methyl sites for hydroxylation is 2. The molecule has 0 unspecified atom stereocenters. The molecule has 0 fully saturated rings. The molecule has 60 heavy (non-hydrogen) atoms. The summed E-state index contributed by atoms with van der Waals surface area (Å²) in [5.41, 5.74) is 17.1. The minimum absolute atomic E-state index is 1.20. The highest BCUT2D eigenvalue weighted by Gasteiger charge is 2.21. The van der Waals surface area contributed by atoms with Crippen LogP contribution in [0.3, 0.4) is 0 Å². The van der Waals surface area contributed by atoms with E-state index in [0.29, 0.717) is 0 Å². The molecule has 0 amide bonds. The molecule has 10 aromatic carbocycles. The van der Waals surface area contributed by atoms with Gasteiger partial charge in [0.15, 0.2) is 0 Å². The third-order valence-corrected chi connectivity index (χ3v) is 13.0. The Hall–Kier alpha value is -7.68. The van der Waals surface area contributed by atoms with Gasteiger partial charge in [0.05, 0.1) is 0 Å². The molecule has 0 aliphatic heterocycles. The summed E-state index contributed by atoms with van der Waals surface area (Å²) in [5.74, 6) is 0. The number of hydrogen-bond acceptors (Lipinski definition) is 0. The van der Waals surface area contributed by atoms with E-state index in [4.69, 9.17) is 0 Å². The summed E-state index contributed by atoms with van der Waals surface area (Å²) >= 11 is 0. The molecule has 0 bridgehead atoms. The summed E-state index contributed by atoms with van der Waals surface area (Å²) in [6, 6.07) is 76.4. The van der Waals surface area contributed by atoms with Gasteiger partial charge in [0.25, 0.3) is 0 Å². The van der Waals surface area contributed by atoms with Crippen molar-refractivity contribution < 1.29 is 0 Å². The Bertz CT molecular complexity index is 3480. The number of benzene rings is 10. The lowest BCUT2D eigenvalue weighted by Gasteiger charge is -2.20. The second-order valence-electron chi connectivity index (χ2n) is 16.2. The van der Waals surface area contributed by atoms with Crippen LogP contribution in [0, 0.1) is 0 Å². The monoisotopic (exact) mass is 764 g/mol. The molecule has 0 aliphatic carbocycles. The topological polar surface area (TPSA) is 9.86 Å². The van der Waals surface area contributed by atoms with Gasteiger partial charge in [-0.15, -0.1) is 0 Å².